The maximum atomic E-state index is 13.3. The van der Waals surface area contributed by atoms with Gasteiger partial charge in [0.05, 0.1) is 25.1 Å². The summed E-state index contributed by atoms with van der Waals surface area (Å²) in [5.74, 6) is 1.97. The lowest BCUT2D eigenvalue weighted by Crippen LogP contribution is -2.25. The zero-order chi connectivity index (χ0) is 23.1. The first-order valence-corrected chi connectivity index (χ1v) is 12.4. The zero-order valence-electron chi connectivity index (χ0n) is 18.6. The van der Waals surface area contributed by atoms with Crippen molar-refractivity contribution in [2.75, 3.05) is 19.8 Å². The fourth-order valence-corrected chi connectivity index (χ4v) is 5.85. The van der Waals surface area contributed by atoms with E-state index in [9.17, 15) is 9.18 Å². The third kappa shape index (κ3) is 3.97. The Morgan fingerprint density at radius 1 is 1.09 bits per heavy atom. The van der Waals surface area contributed by atoms with Gasteiger partial charge in [-0.3, -0.25) is 9.69 Å². The van der Waals surface area contributed by atoms with E-state index in [4.69, 9.17) is 14.5 Å². The average molecular weight is 478 g/mol. The molecule has 0 bridgehead atoms. The molecule has 2 aliphatic rings. The van der Waals surface area contributed by atoms with Gasteiger partial charge in [-0.1, -0.05) is 18.2 Å². The second-order valence-electron chi connectivity index (χ2n) is 8.73. The minimum atomic E-state index is -0.300. The number of aromatic amines is 1. The molecular formula is C26H24FN3O3S. The molecule has 174 valence electrons. The Morgan fingerprint density at radius 2 is 1.91 bits per heavy atom. The molecule has 0 saturated carbocycles. The Balaban J connectivity index is 1.27. The van der Waals surface area contributed by atoms with E-state index in [1.54, 1.807) is 12.1 Å². The molecule has 1 saturated heterocycles. The summed E-state index contributed by atoms with van der Waals surface area (Å²) < 4.78 is 25.0. The van der Waals surface area contributed by atoms with Crippen LogP contribution in [0.15, 0.2) is 52.6 Å². The summed E-state index contributed by atoms with van der Waals surface area (Å²) in [6.45, 7) is 2.84. The van der Waals surface area contributed by atoms with E-state index in [2.05, 4.69) is 22.0 Å². The molecule has 0 radical (unpaired) electrons. The van der Waals surface area contributed by atoms with Gasteiger partial charge >= 0.3 is 0 Å². The Kier molecular flexibility index (Phi) is 5.55. The largest absolute Gasteiger partial charge is 0.490 e. The molecule has 2 aliphatic heterocycles. The highest BCUT2D eigenvalue weighted by Crippen LogP contribution is 2.38. The number of hydrogen-bond acceptors (Lipinski definition) is 6. The van der Waals surface area contributed by atoms with Crippen LogP contribution < -0.4 is 15.0 Å². The number of nitrogens with zero attached hydrogens (tertiary/aromatic N) is 2. The van der Waals surface area contributed by atoms with Crippen molar-refractivity contribution in [1.82, 2.24) is 14.9 Å². The van der Waals surface area contributed by atoms with Crippen LogP contribution in [-0.4, -0.2) is 34.6 Å². The second-order valence-corrected chi connectivity index (χ2v) is 9.59. The van der Waals surface area contributed by atoms with E-state index >= 15 is 0 Å². The molecule has 2 aromatic carbocycles. The van der Waals surface area contributed by atoms with Gasteiger partial charge in [0.1, 0.15) is 16.5 Å². The van der Waals surface area contributed by atoms with Crippen LogP contribution >= 0.6 is 11.3 Å². The number of likely N-dealkylation sites (tertiary alicyclic amines) is 1. The fraction of sp³-hybridized carbons (Fsp3) is 0.308. The first kappa shape index (κ1) is 21.3. The van der Waals surface area contributed by atoms with Gasteiger partial charge in [0.15, 0.2) is 11.5 Å². The topological polar surface area (TPSA) is 67.5 Å². The SMILES string of the molecule is O=c1[nH]c(CN2CCCC2c2ccc3c(c2)OCCCO3)nc2scc(-c3ccc(F)cc3)c12. The van der Waals surface area contributed by atoms with E-state index in [1.165, 1.54) is 29.0 Å². The minimum Gasteiger partial charge on any atom is -0.490 e. The Morgan fingerprint density at radius 3 is 2.76 bits per heavy atom. The Labute approximate surface area is 200 Å². The normalized spacial score (nSPS) is 18.3. The molecule has 6 rings (SSSR count). The van der Waals surface area contributed by atoms with Crippen molar-refractivity contribution in [3.63, 3.8) is 0 Å². The number of aromatic nitrogens is 2. The standard InChI is InChI=1S/C26H24FN3O3S/c27-18-7-4-16(5-8-18)19-15-34-26-24(19)25(31)28-23(29-26)14-30-10-1-3-20(30)17-6-9-21-22(13-17)33-12-2-11-32-21/h4-9,13,15,20H,1-3,10-12,14H2,(H,28,29,31). The van der Waals surface area contributed by atoms with Crippen molar-refractivity contribution in [1.29, 1.82) is 0 Å². The first-order chi connectivity index (χ1) is 16.7. The maximum Gasteiger partial charge on any atom is 0.260 e. The number of ether oxygens (including phenoxy) is 2. The molecule has 0 spiro atoms. The van der Waals surface area contributed by atoms with Gasteiger partial charge < -0.3 is 14.5 Å². The van der Waals surface area contributed by atoms with Gasteiger partial charge in [0.2, 0.25) is 0 Å². The van der Waals surface area contributed by atoms with Crippen LogP contribution in [0.3, 0.4) is 0 Å². The Bertz CT molecular complexity index is 1400. The third-order valence-electron chi connectivity index (χ3n) is 6.52. The van der Waals surface area contributed by atoms with Crippen molar-refractivity contribution in [2.45, 2.75) is 31.8 Å². The summed E-state index contributed by atoms with van der Waals surface area (Å²) in [5.41, 5.74) is 2.63. The van der Waals surface area contributed by atoms with Gasteiger partial charge in [-0.15, -0.1) is 11.3 Å². The van der Waals surface area contributed by atoms with Gasteiger partial charge in [-0.2, -0.15) is 0 Å². The molecule has 2 aromatic heterocycles. The molecule has 34 heavy (non-hydrogen) atoms. The summed E-state index contributed by atoms with van der Waals surface area (Å²) in [7, 11) is 0. The van der Waals surface area contributed by atoms with Crippen LogP contribution in [0.5, 0.6) is 11.5 Å². The van der Waals surface area contributed by atoms with Crippen LogP contribution in [0.2, 0.25) is 0 Å². The number of hydrogen-bond donors (Lipinski definition) is 1. The Hall–Kier alpha value is -3.23. The molecule has 0 aliphatic carbocycles. The van der Waals surface area contributed by atoms with Crippen LogP contribution in [-0.2, 0) is 6.54 Å². The number of rotatable bonds is 4. The lowest BCUT2D eigenvalue weighted by Gasteiger charge is -2.25. The molecule has 6 nitrogen and oxygen atoms in total. The van der Waals surface area contributed by atoms with Gasteiger partial charge in [0, 0.05) is 23.4 Å². The summed E-state index contributed by atoms with van der Waals surface area (Å²) in [6, 6.07) is 12.6. The van der Waals surface area contributed by atoms with E-state index in [-0.39, 0.29) is 17.4 Å². The quantitative estimate of drug-likeness (QED) is 0.433. The molecule has 0 amide bonds. The fourth-order valence-electron chi connectivity index (χ4n) is 4.88. The second kappa shape index (κ2) is 8.85. The van der Waals surface area contributed by atoms with Crippen molar-refractivity contribution in [2.24, 2.45) is 0 Å². The van der Waals surface area contributed by atoms with Gasteiger partial charge in [-0.25, -0.2) is 9.37 Å². The highest BCUT2D eigenvalue weighted by molar-refractivity contribution is 7.17. The molecule has 1 atom stereocenters. The highest BCUT2D eigenvalue weighted by atomic mass is 32.1. The van der Waals surface area contributed by atoms with Crippen LogP contribution in [0, 0.1) is 5.82 Å². The summed E-state index contributed by atoms with van der Waals surface area (Å²) in [5, 5.41) is 2.47. The lowest BCUT2D eigenvalue weighted by atomic mass is 10.0. The summed E-state index contributed by atoms with van der Waals surface area (Å²) >= 11 is 1.44. The predicted molar refractivity (Wildman–Crippen MR) is 130 cm³/mol. The average Bonchev–Trinajstić information content (AvgIpc) is 3.40. The van der Waals surface area contributed by atoms with E-state index in [0.29, 0.717) is 35.8 Å². The molecule has 4 aromatic rings. The maximum absolute atomic E-state index is 13.3. The molecule has 8 heteroatoms. The number of fused-ring (bicyclic) bond motifs is 2. The van der Waals surface area contributed by atoms with Crippen LogP contribution in [0.4, 0.5) is 4.39 Å². The van der Waals surface area contributed by atoms with Crippen molar-refractivity contribution in [3.8, 4) is 22.6 Å². The predicted octanol–water partition coefficient (Wildman–Crippen LogP) is 5.29. The van der Waals surface area contributed by atoms with E-state index in [0.717, 1.165) is 48.4 Å². The highest BCUT2D eigenvalue weighted by Gasteiger charge is 2.28. The van der Waals surface area contributed by atoms with E-state index in [1.807, 2.05) is 11.4 Å². The smallest absolute Gasteiger partial charge is 0.260 e. The van der Waals surface area contributed by atoms with Gasteiger partial charge in [-0.05, 0) is 54.8 Å². The van der Waals surface area contributed by atoms with E-state index < -0.39 is 0 Å². The number of H-pyrrole nitrogens is 1. The first-order valence-electron chi connectivity index (χ1n) is 11.6. The number of benzene rings is 2. The number of nitrogens with one attached hydrogen (secondary N) is 1. The third-order valence-corrected chi connectivity index (χ3v) is 7.39. The van der Waals surface area contributed by atoms with Crippen LogP contribution in [0.1, 0.15) is 36.7 Å². The van der Waals surface area contributed by atoms with Crippen molar-refractivity contribution in [3.05, 3.63) is 75.4 Å². The molecule has 4 heterocycles. The molecule has 1 unspecified atom stereocenters. The monoisotopic (exact) mass is 477 g/mol. The van der Waals surface area contributed by atoms with Gasteiger partial charge in [0.25, 0.3) is 5.56 Å². The molecular weight excluding hydrogens is 453 g/mol. The summed E-state index contributed by atoms with van der Waals surface area (Å²) in [6.07, 6.45) is 3.01. The molecule has 1 N–H and O–H groups in total. The van der Waals surface area contributed by atoms with Crippen molar-refractivity contribution >= 4 is 21.6 Å². The summed E-state index contributed by atoms with van der Waals surface area (Å²) in [4.78, 5) is 23.9. The minimum absolute atomic E-state index is 0.160. The zero-order valence-corrected chi connectivity index (χ0v) is 19.4. The van der Waals surface area contributed by atoms with Crippen LogP contribution in [0.25, 0.3) is 21.3 Å². The van der Waals surface area contributed by atoms with Crippen molar-refractivity contribution < 1.29 is 13.9 Å². The number of thiophene rings is 1. The molecule has 1 fully saturated rings. The number of halogens is 1. The lowest BCUT2D eigenvalue weighted by molar-refractivity contribution is 0.241.